The molecule has 0 aromatic heterocycles. The lowest BCUT2D eigenvalue weighted by Crippen LogP contribution is -2.34. The monoisotopic (exact) mass is 186 g/mol. The van der Waals surface area contributed by atoms with Gasteiger partial charge in [0.05, 0.1) is 19.3 Å². The summed E-state index contributed by atoms with van der Waals surface area (Å²) >= 11 is 0. The molecular weight excluding hydrogens is 168 g/mol. The van der Waals surface area contributed by atoms with Crippen LogP contribution in [0.1, 0.15) is 20.8 Å². The van der Waals surface area contributed by atoms with Crippen LogP contribution in [0.5, 0.6) is 0 Å². The minimum atomic E-state index is -0.419. The van der Waals surface area contributed by atoms with Crippen LogP contribution in [0.25, 0.3) is 0 Å². The molecule has 0 aromatic carbocycles. The van der Waals surface area contributed by atoms with Gasteiger partial charge in [0.25, 0.3) is 0 Å². The molecule has 2 aliphatic rings. The van der Waals surface area contributed by atoms with Crippen molar-refractivity contribution in [1.82, 2.24) is 0 Å². The topological polar surface area (TPSA) is 38.7 Å². The summed E-state index contributed by atoms with van der Waals surface area (Å²) in [5.74, 6) is 0.412. The van der Waals surface area contributed by atoms with E-state index in [1.165, 1.54) is 0 Å². The van der Waals surface area contributed by atoms with Crippen LogP contribution in [0.15, 0.2) is 0 Å². The molecule has 0 radical (unpaired) electrons. The number of aliphatic hydroxyl groups excluding tert-OH is 1. The van der Waals surface area contributed by atoms with Crippen molar-refractivity contribution in [2.45, 2.75) is 39.1 Å². The average Bonchev–Trinajstić information content (AvgIpc) is 2.51. The van der Waals surface area contributed by atoms with E-state index in [9.17, 15) is 5.11 Å². The third kappa shape index (κ3) is 1.49. The van der Waals surface area contributed by atoms with E-state index in [-0.39, 0.29) is 17.6 Å². The molecule has 2 aliphatic heterocycles. The summed E-state index contributed by atoms with van der Waals surface area (Å²) in [6.07, 6.45) is -0.392. The van der Waals surface area contributed by atoms with Crippen molar-refractivity contribution >= 4 is 0 Å². The van der Waals surface area contributed by atoms with E-state index in [1.807, 2.05) is 0 Å². The van der Waals surface area contributed by atoms with Gasteiger partial charge in [-0.2, -0.15) is 0 Å². The van der Waals surface area contributed by atoms with Crippen molar-refractivity contribution in [3.8, 4) is 0 Å². The second-order valence-corrected chi connectivity index (χ2v) is 5.14. The summed E-state index contributed by atoms with van der Waals surface area (Å²) < 4.78 is 11.1. The van der Waals surface area contributed by atoms with Crippen LogP contribution in [0.3, 0.4) is 0 Å². The average molecular weight is 186 g/mol. The number of fused-ring (bicyclic) bond motifs is 1. The third-order valence-electron chi connectivity index (χ3n) is 3.14. The zero-order valence-corrected chi connectivity index (χ0v) is 8.49. The molecule has 1 unspecified atom stereocenters. The maximum Gasteiger partial charge on any atom is 0.112 e. The molecule has 0 bridgehead atoms. The predicted octanol–water partition coefficient (Wildman–Crippen LogP) is 0.807. The van der Waals surface area contributed by atoms with Gasteiger partial charge in [0.15, 0.2) is 0 Å². The van der Waals surface area contributed by atoms with Gasteiger partial charge in [0.1, 0.15) is 12.2 Å². The molecule has 2 rings (SSSR count). The Labute approximate surface area is 79.0 Å². The first kappa shape index (κ1) is 9.44. The van der Waals surface area contributed by atoms with Crippen LogP contribution in [-0.4, -0.2) is 36.6 Å². The van der Waals surface area contributed by atoms with E-state index < -0.39 is 6.10 Å². The Bertz CT molecular complexity index is 197. The van der Waals surface area contributed by atoms with Crippen molar-refractivity contribution in [3.05, 3.63) is 0 Å². The highest BCUT2D eigenvalue weighted by atomic mass is 16.6. The smallest absolute Gasteiger partial charge is 0.112 e. The highest BCUT2D eigenvalue weighted by Crippen LogP contribution is 2.40. The first-order valence-electron chi connectivity index (χ1n) is 4.91. The van der Waals surface area contributed by atoms with Crippen LogP contribution < -0.4 is 0 Å². The second kappa shape index (κ2) is 2.94. The molecule has 4 atom stereocenters. The number of ether oxygens (including phenoxy) is 2. The molecule has 13 heavy (non-hydrogen) atoms. The minimum absolute atomic E-state index is 0.0794. The Hall–Kier alpha value is -0.120. The maximum atomic E-state index is 9.53. The third-order valence-corrected chi connectivity index (χ3v) is 3.14. The van der Waals surface area contributed by atoms with Gasteiger partial charge >= 0.3 is 0 Å². The van der Waals surface area contributed by atoms with Crippen LogP contribution in [0.2, 0.25) is 0 Å². The molecule has 0 saturated carbocycles. The Kier molecular flexibility index (Phi) is 2.13. The SMILES string of the molecule is CC(C)(C)C1CO[C@@H]2[C@H](O)CO[C@H]12. The van der Waals surface area contributed by atoms with Crippen LogP contribution in [-0.2, 0) is 9.47 Å². The lowest BCUT2D eigenvalue weighted by molar-refractivity contribution is 0.00966. The van der Waals surface area contributed by atoms with Crippen LogP contribution in [0, 0.1) is 11.3 Å². The molecule has 0 aromatic rings. The molecule has 0 amide bonds. The number of hydrogen-bond acceptors (Lipinski definition) is 3. The first-order valence-corrected chi connectivity index (χ1v) is 4.91. The van der Waals surface area contributed by atoms with E-state index in [0.29, 0.717) is 12.5 Å². The zero-order valence-electron chi connectivity index (χ0n) is 8.49. The van der Waals surface area contributed by atoms with Gasteiger partial charge in [-0.25, -0.2) is 0 Å². The molecule has 2 heterocycles. The van der Waals surface area contributed by atoms with Crippen molar-refractivity contribution in [2.24, 2.45) is 11.3 Å². The number of aliphatic hydroxyl groups is 1. The molecule has 2 saturated heterocycles. The summed E-state index contributed by atoms with van der Waals surface area (Å²) in [5, 5.41) is 9.53. The largest absolute Gasteiger partial charge is 0.388 e. The van der Waals surface area contributed by atoms with Crippen molar-refractivity contribution in [2.75, 3.05) is 13.2 Å². The highest BCUT2D eigenvalue weighted by molar-refractivity contribution is 4.97. The molecule has 0 spiro atoms. The fourth-order valence-electron chi connectivity index (χ4n) is 2.22. The Morgan fingerprint density at radius 2 is 1.69 bits per heavy atom. The van der Waals surface area contributed by atoms with Crippen LogP contribution in [0.4, 0.5) is 0 Å². The van der Waals surface area contributed by atoms with E-state index in [2.05, 4.69) is 20.8 Å². The zero-order chi connectivity index (χ0) is 9.64. The Morgan fingerprint density at radius 1 is 1.08 bits per heavy atom. The molecule has 0 aliphatic carbocycles. The van der Waals surface area contributed by atoms with Gasteiger partial charge < -0.3 is 14.6 Å². The fraction of sp³-hybridized carbons (Fsp3) is 1.00. The van der Waals surface area contributed by atoms with E-state index >= 15 is 0 Å². The van der Waals surface area contributed by atoms with Gasteiger partial charge in [-0.1, -0.05) is 20.8 Å². The summed E-state index contributed by atoms with van der Waals surface area (Å²) in [5.41, 5.74) is 0.198. The van der Waals surface area contributed by atoms with Gasteiger partial charge in [0.2, 0.25) is 0 Å². The van der Waals surface area contributed by atoms with E-state index in [0.717, 1.165) is 6.61 Å². The van der Waals surface area contributed by atoms with Gasteiger partial charge in [0, 0.05) is 5.92 Å². The summed E-state index contributed by atoms with van der Waals surface area (Å²) in [6.45, 7) is 7.73. The minimum Gasteiger partial charge on any atom is -0.388 e. The number of hydrogen-bond donors (Lipinski definition) is 1. The summed E-state index contributed by atoms with van der Waals surface area (Å²) in [6, 6.07) is 0. The lowest BCUT2D eigenvalue weighted by Gasteiger charge is -2.29. The van der Waals surface area contributed by atoms with E-state index in [4.69, 9.17) is 9.47 Å². The Balaban J connectivity index is 2.11. The quantitative estimate of drug-likeness (QED) is 0.608. The predicted molar refractivity (Wildman–Crippen MR) is 48.4 cm³/mol. The maximum absolute atomic E-state index is 9.53. The molecule has 1 N–H and O–H groups in total. The fourth-order valence-corrected chi connectivity index (χ4v) is 2.22. The van der Waals surface area contributed by atoms with Crippen LogP contribution >= 0.6 is 0 Å². The van der Waals surface area contributed by atoms with Gasteiger partial charge in [-0.15, -0.1) is 0 Å². The summed E-state index contributed by atoms with van der Waals surface area (Å²) in [7, 11) is 0. The molecule has 2 fully saturated rings. The summed E-state index contributed by atoms with van der Waals surface area (Å²) in [4.78, 5) is 0. The van der Waals surface area contributed by atoms with Crippen molar-refractivity contribution < 1.29 is 14.6 Å². The lowest BCUT2D eigenvalue weighted by atomic mass is 9.78. The van der Waals surface area contributed by atoms with Crippen molar-refractivity contribution in [3.63, 3.8) is 0 Å². The van der Waals surface area contributed by atoms with Crippen molar-refractivity contribution in [1.29, 1.82) is 0 Å². The molecule has 3 heteroatoms. The second-order valence-electron chi connectivity index (χ2n) is 5.14. The Morgan fingerprint density at radius 3 is 2.31 bits per heavy atom. The van der Waals surface area contributed by atoms with Gasteiger partial charge in [-0.05, 0) is 5.41 Å². The van der Waals surface area contributed by atoms with Gasteiger partial charge in [-0.3, -0.25) is 0 Å². The highest BCUT2D eigenvalue weighted by Gasteiger charge is 2.50. The van der Waals surface area contributed by atoms with E-state index in [1.54, 1.807) is 0 Å². The molecular formula is C10H18O3. The first-order chi connectivity index (χ1) is 6.00. The normalized spacial score (nSPS) is 45.2. The number of rotatable bonds is 0. The molecule has 76 valence electrons. The molecule has 3 nitrogen and oxygen atoms in total. The standard InChI is InChI=1S/C10H18O3/c1-10(2,3)6-4-12-9-7(11)5-13-8(6)9/h6-9,11H,4-5H2,1-3H3/t6?,7-,8-,9-/m1/s1.